The van der Waals surface area contributed by atoms with Gasteiger partial charge in [-0.1, -0.05) is 11.6 Å². The standard InChI is InChI=1S/C24H17ClF2N4O3/c1-34-22-9-5-16(11-20(22)30-23(32)18-8-2-14(25)10-19(18)27)29-24(33)21-12-28-13-31(21)17-6-3-15(26)4-7-17/h2-13H,1H3,(H,29,33)(H,30,32). The van der Waals surface area contributed by atoms with Crippen molar-refractivity contribution in [3.63, 3.8) is 0 Å². The number of rotatable bonds is 6. The molecule has 4 aromatic rings. The fourth-order valence-corrected chi connectivity index (χ4v) is 3.37. The van der Waals surface area contributed by atoms with Crippen LogP contribution in [0.3, 0.4) is 0 Å². The van der Waals surface area contributed by atoms with Crippen molar-refractivity contribution in [1.82, 2.24) is 9.55 Å². The van der Waals surface area contributed by atoms with Gasteiger partial charge in [-0.25, -0.2) is 13.8 Å². The number of imidazole rings is 1. The Balaban J connectivity index is 1.57. The van der Waals surface area contributed by atoms with Gasteiger partial charge in [0, 0.05) is 16.4 Å². The van der Waals surface area contributed by atoms with Gasteiger partial charge in [0.05, 0.1) is 30.9 Å². The van der Waals surface area contributed by atoms with Gasteiger partial charge in [-0.15, -0.1) is 0 Å². The number of benzene rings is 3. The lowest BCUT2D eigenvalue weighted by Crippen LogP contribution is -2.17. The number of carbonyl (C=O) groups excluding carboxylic acids is 2. The summed E-state index contributed by atoms with van der Waals surface area (Å²) in [5.41, 5.74) is 1.10. The van der Waals surface area contributed by atoms with Crippen LogP contribution in [-0.2, 0) is 0 Å². The van der Waals surface area contributed by atoms with Crippen LogP contribution in [0.1, 0.15) is 20.8 Å². The van der Waals surface area contributed by atoms with E-state index in [9.17, 15) is 18.4 Å². The number of carbonyl (C=O) groups is 2. The third kappa shape index (κ3) is 4.89. The lowest BCUT2D eigenvalue weighted by Gasteiger charge is -2.14. The molecule has 0 fully saturated rings. The van der Waals surface area contributed by atoms with Gasteiger partial charge in [0.1, 0.15) is 23.1 Å². The monoisotopic (exact) mass is 482 g/mol. The minimum absolute atomic E-state index is 0.163. The Bertz CT molecular complexity index is 1370. The molecule has 7 nitrogen and oxygen atoms in total. The highest BCUT2D eigenvalue weighted by Crippen LogP contribution is 2.29. The van der Waals surface area contributed by atoms with Crippen molar-refractivity contribution >= 4 is 34.8 Å². The number of halogens is 3. The lowest BCUT2D eigenvalue weighted by atomic mass is 10.2. The van der Waals surface area contributed by atoms with Crippen LogP contribution < -0.4 is 15.4 Å². The maximum atomic E-state index is 14.1. The molecule has 0 aliphatic carbocycles. The van der Waals surface area contributed by atoms with Crippen molar-refractivity contribution in [3.05, 3.63) is 101 Å². The Morgan fingerprint density at radius 1 is 0.971 bits per heavy atom. The van der Waals surface area contributed by atoms with Gasteiger partial charge in [0.2, 0.25) is 0 Å². The summed E-state index contributed by atoms with van der Waals surface area (Å²) >= 11 is 5.74. The minimum Gasteiger partial charge on any atom is -0.495 e. The summed E-state index contributed by atoms with van der Waals surface area (Å²) in [7, 11) is 1.41. The van der Waals surface area contributed by atoms with Gasteiger partial charge in [-0.05, 0) is 60.7 Å². The highest BCUT2D eigenvalue weighted by Gasteiger charge is 2.17. The second-order valence-corrected chi connectivity index (χ2v) is 7.51. The number of hydrogen-bond donors (Lipinski definition) is 2. The van der Waals surface area contributed by atoms with Crippen molar-refractivity contribution in [2.24, 2.45) is 0 Å². The number of anilines is 2. The Labute approximate surface area is 198 Å². The number of ether oxygens (including phenoxy) is 1. The lowest BCUT2D eigenvalue weighted by molar-refractivity contribution is 0.101. The normalized spacial score (nSPS) is 10.6. The molecule has 172 valence electrons. The summed E-state index contributed by atoms with van der Waals surface area (Å²) in [6.45, 7) is 0. The Morgan fingerprint density at radius 2 is 1.74 bits per heavy atom. The van der Waals surface area contributed by atoms with E-state index < -0.39 is 23.4 Å². The van der Waals surface area contributed by atoms with Gasteiger partial charge in [-0.3, -0.25) is 14.2 Å². The van der Waals surface area contributed by atoms with E-state index in [-0.39, 0.29) is 22.0 Å². The Hall–Kier alpha value is -4.24. The van der Waals surface area contributed by atoms with E-state index >= 15 is 0 Å². The van der Waals surface area contributed by atoms with Crippen molar-refractivity contribution in [2.75, 3.05) is 17.7 Å². The Morgan fingerprint density at radius 3 is 2.44 bits per heavy atom. The van der Waals surface area contributed by atoms with Crippen LogP contribution in [0.15, 0.2) is 73.2 Å². The molecule has 3 aromatic carbocycles. The summed E-state index contributed by atoms with van der Waals surface area (Å²) in [4.78, 5) is 29.5. The summed E-state index contributed by atoms with van der Waals surface area (Å²) in [5, 5.41) is 5.46. The van der Waals surface area contributed by atoms with Crippen LogP contribution in [0.4, 0.5) is 20.2 Å². The SMILES string of the molecule is COc1ccc(NC(=O)c2cncn2-c2ccc(F)cc2)cc1NC(=O)c1ccc(Cl)cc1F. The number of nitrogens with one attached hydrogen (secondary N) is 2. The van der Waals surface area contributed by atoms with E-state index in [4.69, 9.17) is 16.3 Å². The fourth-order valence-electron chi connectivity index (χ4n) is 3.21. The van der Waals surface area contributed by atoms with Crippen LogP contribution in [0, 0.1) is 11.6 Å². The predicted molar refractivity (Wildman–Crippen MR) is 124 cm³/mol. The molecule has 2 amide bonds. The van der Waals surface area contributed by atoms with E-state index in [0.29, 0.717) is 17.1 Å². The molecule has 0 bridgehead atoms. The van der Waals surface area contributed by atoms with Crippen molar-refractivity contribution < 1.29 is 23.1 Å². The van der Waals surface area contributed by atoms with E-state index in [1.54, 1.807) is 12.1 Å². The van der Waals surface area contributed by atoms with Crippen LogP contribution in [0.25, 0.3) is 5.69 Å². The Kier molecular flexibility index (Phi) is 6.55. The highest BCUT2D eigenvalue weighted by molar-refractivity contribution is 6.30. The predicted octanol–water partition coefficient (Wildman–Crippen LogP) is 5.32. The molecule has 0 unspecified atom stereocenters. The van der Waals surface area contributed by atoms with E-state index in [2.05, 4.69) is 15.6 Å². The second kappa shape index (κ2) is 9.72. The molecule has 10 heteroatoms. The van der Waals surface area contributed by atoms with E-state index in [0.717, 1.165) is 6.07 Å². The fraction of sp³-hybridized carbons (Fsp3) is 0.0417. The van der Waals surface area contributed by atoms with Gasteiger partial charge < -0.3 is 15.4 Å². The molecule has 0 aliphatic heterocycles. The summed E-state index contributed by atoms with van der Waals surface area (Å²) in [6, 6.07) is 13.9. The molecule has 1 heterocycles. The van der Waals surface area contributed by atoms with Crippen molar-refractivity contribution in [2.45, 2.75) is 0 Å². The number of amides is 2. The average molecular weight is 483 g/mol. The van der Waals surface area contributed by atoms with Crippen LogP contribution in [0.2, 0.25) is 5.02 Å². The average Bonchev–Trinajstić information content (AvgIpc) is 3.30. The van der Waals surface area contributed by atoms with Gasteiger partial charge >= 0.3 is 0 Å². The molecule has 4 rings (SSSR count). The molecular weight excluding hydrogens is 466 g/mol. The van der Waals surface area contributed by atoms with Crippen molar-refractivity contribution in [1.29, 1.82) is 0 Å². The van der Waals surface area contributed by atoms with Crippen LogP contribution in [-0.4, -0.2) is 28.5 Å². The number of nitrogens with zero attached hydrogens (tertiary/aromatic N) is 2. The molecule has 0 saturated carbocycles. The number of aromatic nitrogens is 2. The molecule has 0 radical (unpaired) electrons. The third-order valence-corrected chi connectivity index (χ3v) is 5.09. The molecule has 1 aromatic heterocycles. The number of hydrogen-bond acceptors (Lipinski definition) is 4. The second-order valence-electron chi connectivity index (χ2n) is 7.07. The molecule has 0 aliphatic rings. The van der Waals surface area contributed by atoms with Crippen molar-refractivity contribution in [3.8, 4) is 11.4 Å². The molecule has 2 N–H and O–H groups in total. The maximum absolute atomic E-state index is 14.1. The molecule has 0 atom stereocenters. The maximum Gasteiger partial charge on any atom is 0.274 e. The van der Waals surface area contributed by atoms with E-state index in [1.165, 1.54) is 66.7 Å². The zero-order valence-corrected chi connectivity index (χ0v) is 18.4. The number of methoxy groups -OCH3 is 1. The third-order valence-electron chi connectivity index (χ3n) is 4.86. The first-order valence-corrected chi connectivity index (χ1v) is 10.3. The first-order valence-electron chi connectivity index (χ1n) is 9.90. The molecule has 0 saturated heterocycles. The summed E-state index contributed by atoms with van der Waals surface area (Å²) in [5.74, 6) is -2.08. The smallest absolute Gasteiger partial charge is 0.274 e. The minimum atomic E-state index is -0.775. The van der Waals surface area contributed by atoms with Crippen LogP contribution >= 0.6 is 11.6 Å². The largest absolute Gasteiger partial charge is 0.495 e. The zero-order valence-electron chi connectivity index (χ0n) is 17.7. The highest BCUT2D eigenvalue weighted by atomic mass is 35.5. The zero-order chi connectivity index (χ0) is 24.2. The van der Waals surface area contributed by atoms with Gasteiger partial charge in [0.25, 0.3) is 11.8 Å². The first kappa shape index (κ1) is 22.9. The van der Waals surface area contributed by atoms with Crippen LogP contribution in [0.5, 0.6) is 5.75 Å². The van der Waals surface area contributed by atoms with E-state index in [1.807, 2.05) is 0 Å². The summed E-state index contributed by atoms with van der Waals surface area (Å²) < 4.78 is 34.1. The topological polar surface area (TPSA) is 85.2 Å². The molecule has 0 spiro atoms. The quantitative estimate of drug-likeness (QED) is 0.389. The molecule has 34 heavy (non-hydrogen) atoms. The first-order chi connectivity index (χ1) is 16.4. The molecular formula is C24H17ClF2N4O3. The summed E-state index contributed by atoms with van der Waals surface area (Å²) in [6.07, 6.45) is 2.80. The van der Waals surface area contributed by atoms with Gasteiger partial charge in [-0.2, -0.15) is 0 Å². The van der Waals surface area contributed by atoms with Gasteiger partial charge in [0.15, 0.2) is 0 Å².